The number of esters is 4. The van der Waals surface area contributed by atoms with Crippen molar-refractivity contribution in [2.45, 2.75) is 387 Å². The first-order valence-electron chi connectivity index (χ1n) is 38.5. The van der Waals surface area contributed by atoms with Crippen LogP contribution in [-0.4, -0.2) is 96.7 Å². The van der Waals surface area contributed by atoms with Gasteiger partial charge in [-0.3, -0.25) is 37.3 Å². The van der Waals surface area contributed by atoms with E-state index >= 15 is 0 Å². The Morgan fingerprint density at radius 1 is 0.330 bits per heavy atom. The molecule has 0 heterocycles. The predicted octanol–water partition coefficient (Wildman–Crippen LogP) is 21.6. The van der Waals surface area contributed by atoms with Gasteiger partial charge in [-0.2, -0.15) is 0 Å². The molecule has 0 spiro atoms. The van der Waals surface area contributed by atoms with Crippen molar-refractivity contribution in [1.29, 1.82) is 0 Å². The molecule has 0 aliphatic rings. The van der Waals surface area contributed by atoms with E-state index in [1.165, 1.54) is 173 Å². The standard InChI is InChI=1S/C75H142O17P2/c1-6-9-12-15-18-21-24-25-28-32-35-40-44-49-54-59-73(78)86-65-71(92-75(80)61-56-51-46-41-36-33-30-27-26-29-31-34-37-42-47-52-57-68(4)5)67-90-94(83,84)88-63-69(76)62-87-93(81,82)89-66-70(91-74(79)60-55-50-45-39-23-20-17-14-11-8-3)64-85-72(77)58-53-48-43-38-22-19-16-13-10-7-2/h21,24-25,28,68-71,76H,6-20,22-23,26-27,29-67H2,1-5H3,(H,81,82)(H,83,84)/b24-21-,28-25-/t69-,70+,71+/m0/s1. The second-order valence-electron chi connectivity index (χ2n) is 26.8. The van der Waals surface area contributed by atoms with Crippen LogP contribution >= 0.6 is 15.6 Å². The summed E-state index contributed by atoms with van der Waals surface area (Å²) in [7, 11) is -9.92. The van der Waals surface area contributed by atoms with Gasteiger partial charge >= 0.3 is 39.5 Å². The van der Waals surface area contributed by atoms with Crippen molar-refractivity contribution in [2.24, 2.45) is 5.92 Å². The molecule has 0 fully saturated rings. The van der Waals surface area contributed by atoms with Gasteiger partial charge in [0.15, 0.2) is 12.2 Å². The van der Waals surface area contributed by atoms with Crippen molar-refractivity contribution in [1.82, 2.24) is 0 Å². The van der Waals surface area contributed by atoms with Crippen LogP contribution in [0.3, 0.4) is 0 Å². The van der Waals surface area contributed by atoms with Gasteiger partial charge in [0.05, 0.1) is 26.4 Å². The minimum Gasteiger partial charge on any atom is -0.462 e. The molecule has 0 aliphatic carbocycles. The number of phosphoric ester groups is 2. The van der Waals surface area contributed by atoms with Gasteiger partial charge in [0.25, 0.3) is 0 Å². The number of hydrogen-bond donors (Lipinski definition) is 3. The van der Waals surface area contributed by atoms with Crippen LogP contribution in [0.15, 0.2) is 24.3 Å². The Morgan fingerprint density at radius 3 is 0.872 bits per heavy atom. The topological polar surface area (TPSA) is 237 Å². The zero-order chi connectivity index (χ0) is 69.1. The highest BCUT2D eigenvalue weighted by molar-refractivity contribution is 7.47. The molecule has 19 heteroatoms. The molecule has 0 bridgehead atoms. The average molecular weight is 1380 g/mol. The molecule has 0 saturated heterocycles. The molecule has 0 aromatic rings. The first-order chi connectivity index (χ1) is 45.5. The number of aliphatic hydroxyl groups is 1. The highest BCUT2D eigenvalue weighted by Crippen LogP contribution is 2.45. The maximum absolute atomic E-state index is 13.1. The molecule has 2 unspecified atom stereocenters. The zero-order valence-electron chi connectivity index (χ0n) is 60.6. The molecule has 5 atom stereocenters. The number of carbonyl (C=O) groups excluding carboxylic acids is 4. The second-order valence-corrected chi connectivity index (χ2v) is 29.7. The van der Waals surface area contributed by atoms with Crippen molar-refractivity contribution < 1.29 is 80.2 Å². The van der Waals surface area contributed by atoms with Gasteiger partial charge < -0.3 is 33.8 Å². The minimum absolute atomic E-state index is 0.101. The van der Waals surface area contributed by atoms with Crippen LogP contribution in [0.25, 0.3) is 0 Å². The van der Waals surface area contributed by atoms with Crippen molar-refractivity contribution >= 4 is 39.5 Å². The summed E-state index contributed by atoms with van der Waals surface area (Å²) in [4.78, 5) is 72.7. The summed E-state index contributed by atoms with van der Waals surface area (Å²) in [6.45, 7) is 7.23. The number of ether oxygens (including phenoxy) is 4. The largest absolute Gasteiger partial charge is 0.472 e. The van der Waals surface area contributed by atoms with Crippen LogP contribution in [0.5, 0.6) is 0 Å². The van der Waals surface area contributed by atoms with E-state index < -0.39 is 97.5 Å². The molecule has 0 aromatic heterocycles. The van der Waals surface area contributed by atoms with E-state index in [-0.39, 0.29) is 25.7 Å². The fourth-order valence-electron chi connectivity index (χ4n) is 11.0. The first-order valence-corrected chi connectivity index (χ1v) is 41.4. The van der Waals surface area contributed by atoms with E-state index in [9.17, 15) is 43.2 Å². The number of rotatable bonds is 73. The van der Waals surface area contributed by atoms with Crippen LogP contribution in [0.2, 0.25) is 0 Å². The van der Waals surface area contributed by atoms with Gasteiger partial charge in [-0.1, -0.05) is 316 Å². The van der Waals surface area contributed by atoms with Crippen molar-refractivity contribution in [3.8, 4) is 0 Å². The van der Waals surface area contributed by atoms with Gasteiger partial charge in [0.2, 0.25) is 0 Å². The molecule has 0 aromatic carbocycles. The lowest BCUT2D eigenvalue weighted by molar-refractivity contribution is -0.161. The Hall–Kier alpha value is -2.46. The Balaban J connectivity index is 5.25. The fourth-order valence-corrected chi connectivity index (χ4v) is 12.6. The first kappa shape index (κ1) is 91.5. The Kier molecular flexibility index (Phi) is 65.9. The lowest BCUT2D eigenvalue weighted by atomic mass is 10.0. The quantitative estimate of drug-likeness (QED) is 0.0169. The lowest BCUT2D eigenvalue weighted by Crippen LogP contribution is -2.30. The number of hydrogen-bond acceptors (Lipinski definition) is 15. The van der Waals surface area contributed by atoms with Crippen molar-refractivity contribution in [3.63, 3.8) is 0 Å². The molecule has 0 radical (unpaired) electrons. The lowest BCUT2D eigenvalue weighted by Gasteiger charge is -2.21. The van der Waals surface area contributed by atoms with E-state index in [0.29, 0.717) is 25.7 Å². The number of carbonyl (C=O) groups is 4. The summed E-state index contributed by atoms with van der Waals surface area (Å²) in [5.74, 6) is -1.34. The molecule has 554 valence electrons. The van der Waals surface area contributed by atoms with Crippen LogP contribution in [-0.2, 0) is 65.4 Å². The Morgan fingerprint density at radius 2 is 0.574 bits per heavy atom. The number of phosphoric acid groups is 2. The summed E-state index contributed by atoms with van der Waals surface area (Å²) in [5.41, 5.74) is 0. The van der Waals surface area contributed by atoms with E-state index in [4.69, 9.17) is 37.0 Å². The molecule has 0 aliphatic heterocycles. The van der Waals surface area contributed by atoms with Gasteiger partial charge in [-0.25, -0.2) is 9.13 Å². The van der Waals surface area contributed by atoms with Crippen LogP contribution in [0.4, 0.5) is 0 Å². The zero-order valence-corrected chi connectivity index (χ0v) is 62.4. The monoisotopic (exact) mass is 1380 g/mol. The third-order valence-corrected chi connectivity index (χ3v) is 18.8. The van der Waals surface area contributed by atoms with E-state index in [1.54, 1.807) is 0 Å². The fraction of sp³-hybridized carbons (Fsp3) is 0.893. The molecule has 17 nitrogen and oxygen atoms in total. The highest BCUT2D eigenvalue weighted by atomic mass is 31.2. The summed E-state index contributed by atoms with van der Waals surface area (Å²) in [5, 5.41) is 10.6. The minimum atomic E-state index is -4.96. The van der Waals surface area contributed by atoms with E-state index in [0.717, 1.165) is 115 Å². The van der Waals surface area contributed by atoms with Crippen LogP contribution in [0, 0.1) is 5.92 Å². The van der Waals surface area contributed by atoms with Gasteiger partial charge in [-0.15, -0.1) is 0 Å². The normalized spacial score (nSPS) is 14.1. The molecular formula is C75H142O17P2. The SMILES string of the molecule is CCCCCC/C=C\C=C/CCCCCCCC(=O)OC[C@H](COP(=O)(O)OC[C@@H](O)COP(=O)(O)OC[C@@H](COC(=O)CCCCCCCCCCCC)OC(=O)CCCCCCCCCCCC)OC(=O)CCCCCCCCCCCCCCCCCCC(C)C. The number of unbranched alkanes of at least 4 members (excludes halogenated alkanes) is 42. The Labute approximate surface area is 573 Å². The maximum atomic E-state index is 13.1. The summed E-state index contributed by atoms with van der Waals surface area (Å²) < 4.78 is 68.4. The smallest absolute Gasteiger partial charge is 0.462 e. The van der Waals surface area contributed by atoms with Crippen LogP contribution in [0.1, 0.15) is 369 Å². The number of aliphatic hydroxyl groups excluding tert-OH is 1. The maximum Gasteiger partial charge on any atom is 0.472 e. The van der Waals surface area contributed by atoms with Gasteiger partial charge in [0.1, 0.15) is 19.3 Å². The third-order valence-electron chi connectivity index (χ3n) is 16.9. The van der Waals surface area contributed by atoms with E-state index in [2.05, 4.69) is 58.9 Å². The molecule has 0 amide bonds. The molecule has 94 heavy (non-hydrogen) atoms. The van der Waals surface area contributed by atoms with E-state index in [1.807, 2.05) is 0 Å². The van der Waals surface area contributed by atoms with Crippen molar-refractivity contribution in [3.05, 3.63) is 24.3 Å². The van der Waals surface area contributed by atoms with Gasteiger partial charge in [0, 0.05) is 25.7 Å². The molecule has 0 rings (SSSR count). The summed E-state index contributed by atoms with van der Waals surface area (Å²) in [6.07, 6.45) is 59.0. The van der Waals surface area contributed by atoms with Crippen LogP contribution < -0.4 is 0 Å². The molecule has 0 saturated carbocycles. The number of allylic oxidation sites excluding steroid dienone is 4. The second kappa shape index (κ2) is 67.7. The molecule has 3 N–H and O–H groups in total. The predicted molar refractivity (Wildman–Crippen MR) is 381 cm³/mol. The third kappa shape index (κ3) is 68.1. The summed E-state index contributed by atoms with van der Waals surface area (Å²) in [6, 6.07) is 0. The summed E-state index contributed by atoms with van der Waals surface area (Å²) >= 11 is 0. The van der Waals surface area contributed by atoms with Crippen molar-refractivity contribution in [2.75, 3.05) is 39.6 Å². The Bertz CT molecular complexity index is 1900. The highest BCUT2D eigenvalue weighted by Gasteiger charge is 2.30. The van der Waals surface area contributed by atoms with Gasteiger partial charge in [-0.05, 0) is 57.3 Å². The molecular weight excluding hydrogens is 1230 g/mol. The average Bonchev–Trinajstić information content (AvgIpc) is 1.35.